The fourth-order valence-corrected chi connectivity index (χ4v) is 1.64. The Bertz CT molecular complexity index is 575. The van der Waals surface area contributed by atoms with Gasteiger partial charge in [0, 0.05) is 0 Å². The van der Waals surface area contributed by atoms with Crippen LogP contribution in [0.5, 0.6) is 5.88 Å². The molecule has 0 radical (unpaired) electrons. The second kappa shape index (κ2) is 4.91. The molecule has 0 aliphatic carbocycles. The van der Waals surface area contributed by atoms with Crippen LogP contribution in [-0.4, -0.2) is 27.5 Å². The second-order valence-electron chi connectivity index (χ2n) is 3.85. The van der Waals surface area contributed by atoms with Crippen LogP contribution in [0.3, 0.4) is 0 Å². The van der Waals surface area contributed by atoms with E-state index in [0.29, 0.717) is 5.69 Å². The zero-order valence-corrected chi connectivity index (χ0v) is 10.3. The van der Waals surface area contributed by atoms with Crippen LogP contribution in [-0.2, 0) is 4.74 Å². The number of hydrogen-bond donors (Lipinski definition) is 1. The highest BCUT2D eigenvalue weighted by Crippen LogP contribution is 2.22. The van der Waals surface area contributed by atoms with Crippen molar-refractivity contribution in [3.63, 3.8) is 0 Å². The Morgan fingerprint density at radius 2 is 2.28 bits per heavy atom. The molecule has 18 heavy (non-hydrogen) atoms. The molecule has 1 aromatic heterocycles. The van der Waals surface area contributed by atoms with Crippen LogP contribution in [0.4, 0.5) is 0 Å². The lowest BCUT2D eigenvalue weighted by molar-refractivity contribution is 0.0523. The number of esters is 1. The van der Waals surface area contributed by atoms with E-state index >= 15 is 0 Å². The highest BCUT2D eigenvalue weighted by Gasteiger charge is 2.18. The van der Waals surface area contributed by atoms with Gasteiger partial charge in [-0.2, -0.15) is 5.10 Å². The summed E-state index contributed by atoms with van der Waals surface area (Å²) >= 11 is 0. The highest BCUT2D eigenvalue weighted by molar-refractivity contribution is 5.91. The summed E-state index contributed by atoms with van der Waals surface area (Å²) in [6.45, 7) is 3.91. The first-order chi connectivity index (χ1) is 8.63. The van der Waals surface area contributed by atoms with Crippen LogP contribution in [0.2, 0.25) is 0 Å². The molecule has 1 aromatic carbocycles. The first-order valence-corrected chi connectivity index (χ1v) is 5.64. The van der Waals surface area contributed by atoms with Gasteiger partial charge < -0.3 is 9.84 Å². The zero-order valence-electron chi connectivity index (χ0n) is 10.3. The summed E-state index contributed by atoms with van der Waals surface area (Å²) in [5, 5.41) is 14.0. The van der Waals surface area contributed by atoms with Gasteiger partial charge in [-0.05, 0) is 31.5 Å². The Morgan fingerprint density at radius 3 is 2.94 bits per heavy atom. The van der Waals surface area contributed by atoms with Crippen molar-refractivity contribution in [2.75, 3.05) is 6.61 Å². The smallest absolute Gasteiger partial charge is 0.345 e. The third-order valence-electron chi connectivity index (χ3n) is 2.49. The molecule has 0 fully saturated rings. The van der Waals surface area contributed by atoms with E-state index in [1.165, 1.54) is 10.9 Å². The van der Waals surface area contributed by atoms with Crippen molar-refractivity contribution in [1.82, 2.24) is 9.78 Å². The number of aromatic hydroxyl groups is 1. The maximum Gasteiger partial charge on any atom is 0.345 e. The number of ether oxygens (including phenoxy) is 1. The topological polar surface area (TPSA) is 64.3 Å². The fourth-order valence-electron chi connectivity index (χ4n) is 1.64. The molecule has 0 unspecified atom stereocenters. The lowest BCUT2D eigenvalue weighted by atomic mass is 10.2. The van der Waals surface area contributed by atoms with Gasteiger partial charge in [-0.3, -0.25) is 0 Å². The summed E-state index contributed by atoms with van der Waals surface area (Å²) < 4.78 is 6.13. The number of hydrogen-bond acceptors (Lipinski definition) is 4. The third-order valence-corrected chi connectivity index (χ3v) is 2.49. The molecule has 5 nitrogen and oxygen atoms in total. The van der Waals surface area contributed by atoms with Crippen molar-refractivity contribution in [3.05, 3.63) is 41.6 Å². The van der Waals surface area contributed by atoms with E-state index in [4.69, 9.17) is 4.74 Å². The molecule has 0 saturated carbocycles. The van der Waals surface area contributed by atoms with Crippen molar-refractivity contribution in [2.24, 2.45) is 0 Å². The van der Waals surface area contributed by atoms with Crippen molar-refractivity contribution >= 4 is 5.97 Å². The Labute approximate surface area is 105 Å². The van der Waals surface area contributed by atoms with Crippen molar-refractivity contribution in [3.8, 4) is 11.6 Å². The number of aromatic nitrogens is 2. The van der Waals surface area contributed by atoms with Gasteiger partial charge in [0.15, 0.2) is 0 Å². The Kier molecular flexibility index (Phi) is 3.32. The summed E-state index contributed by atoms with van der Waals surface area (Å²) in [5.74, 6) is -0.784. The highest BCUT2D eigenvalue weighted by atomic mass is 16.5. The summed E-state index contributed by atoms with van der Waals surface area (Å²) in [7, 11) is 0. The number of benzene rings is 1. The predicted molar refractivity (Wildman–Crippen MR) is 65.9 cm³/mol. The number of aryl methyl sites for hydroxylation is 1. The van der Waals surface area contributed by atoms with Gasteiger partial charge in [0.05, 0.1) is 18.5 Å². The Hall–Kier alpha value is -2.30. The van der Waals surface area contributed by atoms with Gasteiger partial charge in [-0.25, -0.2) is 9.48 Å². The first kappa shape index (κ1) is 12.2. The molecule has 0 aliphatic heterocycles. The summed E-state index contributed by atoms with van der Waals surface area (Å²) in [6, 6.07) is 7.46. The average molecular weight is 246 g/mol. The van der Waals surface area contributed by atoms with E-state index in [-0.39, 0.29) is 18.1 Å². The van der Waals surface area contributed by atoms with E-state index in [1.807, 2.05) is 25.1 Å². The van der Waals surface area contributed by atoms with Gasteiger partial charge in [0.2, 0.25) is 5.88 Å². The molecule has 0 amide bonds. The summed E-state index contributed by atoms with van der Waals surface area (Å²) in [4.78, 5) is 11.5. The SMILES string of the molecule is CCOC(=O)c1cnn(-c2cccc(C)c2)c1O. The maximum absolute atomic E-state index is 11.5. The number of carbonyl (C=O) groups excluding carboxylic acids is 1. The molecule has 0 atom stereocenters. The molecule has 5 heteroatoms. The third kappa shape index (κ3) is 2.20. The molecule has 0 aliphatic rings. The molecular formula is C13H14N2O3. The average Bonchev–Trinajstić information content (AvgIpc) is 2.71. The Balaban J connectivity index is 2.39. The second-order valence-corrected chi connectivity index (χ2v) is 3.85. The van der Waals surface area contributed by atoms with Crippen LogP contribution in [0, 0.1) is 6.92 Å². The van der Waals surface area contributed by atoms with Crippen molar-refractivity contribution < 1.29 is 14.6 Å². The lowest BCUT2D eigenvalue weighted by Gasteiger charge is -2.04. The molecule has 1 N–H and O–H groups in total. The van der Waals surface area contributed by atoms with E-state index < -0.39 is 5.97 Å². The molecule has 94 valence electrons. The first-order valence-electron chi connectivity index (χ1n) is 5.64. The predicted octanol–water partition coefficient (Wildman–Crippen LogP) is 2.06. The van der Waals surface area contributed by atoms with Crippen LogP contribution < -0.4 is 0 Å². The lowest BCUT2D eigenvalue weighted by Crippen LogP contribution is -2.04. The van der Waals surface area contributed by atoms with E-state index in [1.54, 1.807) is 13.0 Å². The summed E-state index contributed by atoms with van der Waals surface area (Å²) in [5.41, 5.74) is 1.81. The van der Waals surface area contributed by atoms with Gasteiger partial charge in [0.25, 0.3) is 0 Å². The number of nitrogens with zero attached hydrogens (tertiary/aromatic N) is 2. The normalized spacial score (nSPS) is 10.3. The van der Waals surface area contributed by atoms with Crippen LogP contribution in [0.1, 0.15) is 22.8 Å². The molecule has 0 spiro atoms. The fraction of sp³-hybridized carbons (Fsp3) is 0.231. The minimum atomic E-state index is -0.575. The standard InChI is InChI=1S/C13H14N2O3/c1-3-18-13(17)11-8-14-15(12(11)16)10-6-4-5-9(2)7-10/h4-8,16H,3H2,1-2H3. The van der Waals surface area contributed by atoms with Crippen LogP contribution >= 0.6 is 0 Å². The van der Waals surface area contributed by atoms with Gasteiger partial charge in [-0.1, -0.05) is 12.1 Å². The summed E-state index contributed by atoms with van der Waals surface area (Å²) in [6.07, 6.45) is 1.30. The maximum atomic E-state index is 11.5. The molecule has 2 rings (SSSR count). The molecule has 0 saturated heterocycles. The molecule has 1 heterocycles. The zero-order chi connectivity index (χ0) is 13.1. The van der Waals surface area contributed by atoms with E-state index in [0.717, 1.165) is 5.56 Å². The van der Waals surface area contributed by atoms with Gasteiger partial charge in [0.1, 0.15) is 5.56 Å². The van der Waals surface area contributed by atoms with Crippen molar-refractivity contribution in [2.45, 2.75) is 13.8 Å². The quantitative estimate of drug-likeness (QED) is 0.842. The monoisotopic (exact) mass is 246 g/mol. The van der Waals surface area contributed by atoms with E-state index in [9.17, 15) is 9.90 Å². The van der Waals surface area contributed by atoms with Gasteiger partial charge in [-0.15, -0.1) is 0 Å². The van der Waals surface area contributed by atoms with E-state index in [2.05, 4.69) is 5.10 Å². The number of carbonyl (C=O) groups is 1. The largest absolute Gasteiger partial charge is 0.493 e. The molecule has 2 aromatic rings. The minimum absolute atomic E-state index is 0.0679. The van der Waals surface area contributed by atoms with Crippen LogP contribution in [0.15, 0.2) is 30.5 Å². The number of rotatable bonds is 3. The minimum Gasteiger partial charge on any atom is -0.493 e. The molecule has 0 bridgehead atoms. The van der Waals surface area contributed by atoms with Crippen LogP contribution in [0.25, 0.3) is 5.69 Å². The Morgan fingerprint density at radius 1 is 1.50 bits per heavy atom. The van der Waals surface area contributed by atoms with Crippen molar-refractivity contribution in [1.29, 1.82) is 0 Å². The van der Waals surface area contributed by atoms with Gasteiger partial charge >= 0.3 is 5.97 Å². The molecular weight excluding hydrogens is 232 g/mol.